The number of esters is 1. The van der Waals surface area contributed by atoms with Crippen molar-refractivity contribution in [3.8, 4) is 0 Å². The highest BCUT2D eigenvalue weighted by Crippen LogP contribution is 2.89. The molecule has 9 nitrogen and oxygen atoms in total. The molecule has 0 bridgehead atoms. The lowest BCUT2D eigenvalue weighted by atomic mass is 9.41. The van der Waals surface area contributed by atoms with Crippen molar-refractivity contribution in [2.45, 2.75) is 149 Å². The van der Waals surface area contributed by atoms with Gasteiger partial charge in [0.1, 0.15) is 0 Å². The molecule has 5 saturated carbocycles. The van der Waals surface area contributed by atoms with Crippen LogP contribution in [0.3, 0.4) is 0 Å². The van der Waals surface area contributed by atoms with E-state index in [4.69, 9.17) is 18.9 Å². The summed E-state index contributed by atoms with van der Waals surface area (Å²) in [6.07, 6.45) is 5.20. The number of carbonyl (C=O) groups excluding carboxylic acids is 1. The summed E-state index contributed by atoms with van der Waals surface area (Å²) in [6, 6.07) is 0. The molecule has 0 aromatic rings. The average molecular weight is 637 g/mol. The van der Waals surface area contributed by atoms with E-state index in [9.17, 15) is 25.2 Å². The monoisotopic (exact) mass is 636 g/mol. The molecule has 258 valence electrons. The fourth-order valence-electron chi connectivity index (χ4n) is 13.1. The van der Waals surface area contributed by atoms with Crippen molar-refractivity contribution in [2.75, 3.05) is 19.8 Å². The van der Waals surface area contributed by atoms with Crippen LogP contribution < -0.4 is 0 Å². The third-order valence-corrected chi connectivity index (χ3v) is 15.0. The Hall–Kier alpha value is -0.810. The number of fused-ring (bicyclic) bond motifs is 4. The van der Waals surface area contributed by atoms with Gasteiger partial charge in [-0.3, -0.25) is 4.79 Å². The molecule has 0 radical (unpaired) electrons. The summed E-state index contributed by atoms with van der Waals surface area (Å²) < 4.78 is 24.5. The summed E-state index contributed by atoms with van der Waals surface area (Å²) >= 11 is 0. The number of carbonyl (C=O) groups is 1. The van der Waals surface area contributed by atoms with E-state index in [2.05, 4.69) is 34.6 Å². The number of ether oxygens (including phenoxy) is 4. The minimum absolute atomic E-state index is 0.0327. The average Bonchev–Trinajstić information content (AvgIpc) is 3.59. The lowest BCUT2D eigenvalue weighted by molar-refractivity contribution is -0.243. The van der Waals surface area contributed by atoms with Gasteiger partial charge in [-0.15, -0.1) is 0 Å². The molecule has 0 amide bonds. The number of hydrogen-bond donors (Lipinski definition) is 4. The van der Waals surface area contributed by atoms with E-state index in [1.165, 1.54) is 19.8 Å². The predicted octanol–water partition coefficient (Wildman–Crippen LogP) is 4.21. The highest BCUT2D eigenvalue weighted by Gasteiger charge is 2.84. The maximum atomic E-state index is 12.5. The summed E-state index contributed by atoms with van der Waals surface area (Å²) in [6.45, 7) is 16.2. The standard InChI is InChI=1S/C36H60O9/c1-20-17-22(30(32(5,6)41)43-21(2)39)44-28-27(20)33(7)13-14-36-19-35(36)12-11-25(45-26(18-38)42-16-15-37)31(3,4)23(35)9-10-24(36)34(33,8)29(28)40/h20,22-30,37-38,40-41H,9-19H2,1-8H3/t20-,22-,23+,24+,25+,26+,27?,28+,29+,30+,33-,34-,35-,36+/m1/s1. The Bertz CT molecular complexity index is 1140. The van der Waals surface area contributed by atoms with Crippen LogP contribution in [0.4, 0.5) is 0 Å². The summed E-state index contributed by atoms with van der Waals surface area (Å²) in [4.78, 5) is 12.0. The van der Waals surface area contributed by atoms with Crippen LogP contribution in [0.25, 0.3) is 0 Å². The Labute approximate surface area is 269 Å². The normalized spacial score (nSPS) is 49.4. The zero-order chi connectivity index (χ0) is 33.0. The van der Waals surface area contributed by atoms with Gasteiger partial charge in [-0.05, 0) is 111 Å². The lowest BCUT2D eigenvalue weighted by Crippen LogP contribution is -2.60. The van der Waals surface area contributed by atoms with Crippen molar-refractivity contribution in [1.29, 1.82) is 0 Å². The van der Waals surface area contributed by atoms with Gasteiger partial charge in [-0.2, -0.15) is 0 Å². The first-order valence-electron chi connectivity index (χ1n) is 17.7. The first kappa shape index (κ1) is 34.1. The van der Waals surface area contributed by atoms with Crippen molar-refractivity contribution in [1.82, 2.24) is 0 Å². The van der Waals surface area contributed by atoms with Gasteiger partial charge in [0.05, 0.1) is 49.8 Å². The molecule has 5 aliphatic carbocycles. The minimum atomic E-state index is -1.27. The van der Waals surface area contributed by atoms with Crippen LogP contribution in [0.1, 0.15) is 107 Å². The second-order valence-electron chi connectivity index (χ2n) is 17.6. The molecule has 6 aliphatic rings. The third kappa shape index (κ3) is 4.68. The van der Waals surface area contributed by atoms with Gasteiger partial charge < -0.3 is 39.4 Å². The number of hydrogen-bond acceptors (Lipinski definition) is 9. The molecule has 1 heterocycles. The molecule has 2 spiro atoms. The fourth-order valence-corrected chi connectivity index (χ4v) is 13.1. The van der Waals surface area contributed by atoms with Gasteiger partial charge in [0, 0.05) is 12.3 Å². The van der Waals surface area contributed by atoms with Gasteiger partial charge in [-0.25, -0.2) is 0 Å². The summed E-state index contributed by atoms with van der Waals surface area (Å²) in [7, 11) is 0. The van der Waals surface area contributed by atoms with Gasteiger partial charge in [-0.1, -0.05) is 34.6 Å². The van der Waals surface area contributed by atoms with Gasteiger partial charge in [0.2, 0.25) is 0 Å². The molecule has 0 aromatic carbocycles. The molecular weight excluding hydrogens is 576 g/mol. The molecule has 1 aliphatic heterocycles. The highest BCUT2D eigenvalue weighted by molar-refractivity contribution is 5.66. The van der Waals surface area contributed by atoms with E-state index in [0.717, 1.165) is 32.1 Å². The first-order chi connectivity index (χ1) is 20.9. The minimum Gasteiger partial charge on any atom is -0.457 e. The second-order valence-corrected chi connectivity index (χ2v) is 17.6. The molecule has 45 heavy (non-hydrogen) atoms. The highest BCUT2D eigenvalue weighted by atomic mass is 16.7. The van der Waals surface area contributed by atoms with Crippen molar-refractivity contribution >= 4 is 5.97 Å². The molecule has 6 rings (SSSR count). The third-order valence-electron chi connectivity index (χ3n) is 15.0. The topological polar surface area (TPSA) is 135 Å². The van der Waals surface area contributed by atoms with Crippen molar-refractivity contribution in [2.24, 2.45) is 50.7 Å². The van der Waals surface area contributed by atoms with E-state index in [1.807, 2.05) is 0 Å². The zero-order valence-electron chi connectivity index (χ0n) is 28.9. The van der Waals surface area contributed by atoms with Crippen LogP contribution >= 0.6 is 0 Å². The van der Waals surface area contributed by atoms with Crippen LogP contribution in [0.5, 0.6) is 0 Å². The molecule has 0 aromatic heterocycles. The molecular formula is C36H60O9. The Morgan fingerprint density at radius 1 is 1.02 bits per heavy atom. The number of aliphatic hydroxyl groups is 4. The lowest BCUT2D eigenvalue weighted by Gasteiger charge is -2.63. The van der Waals surface area contributed by atoms with Crippen LogP contribution in [0.2, 0.25) is 0 Å². The molecule has 9 heteroatoms. The van der Waals surface area contributed by atoms with Gasteiger partial charge in [0.25, 0.3) is 0 Å². The van der Waals surface area contributed by atoms with E-state index >= 15 is 0 Å². The quantitative estimate of drug-likeness (QED) is 0.217. The number of rotatable bonds is 9. The predicted molar refractivity (Wildman–Crippen MR) is 167 cm³/mol. The Morgan fingerprint density at radius 2 is 1.69 bits per heavy atom. The van der Waals surface area contributed by atoms with Crippen molar-refractivity contribution < 1.29 is 44.2 Å². The van der Waals surface area contributed by atoms with Gasteiger partial charge >= 0.3 is 5.97 Å². The van der Waals surface area contributed by atoms with E-state index < -0.39 is 36.2 Å². The molecule has 4 N–H and O–H groups in total. The summed E-state index contributed by atoms with van der Waals surface area (Å²) in [5.41, 5.74) is -1.35. The van der Waals surface area contributed by atoms with Crippen LogP contribution in [0.15, 0.2) is 0 Å². The van der Waals surface area contributed by atoms with Crippen LogP contribution in [0, 0.1) is 50.7 Å². The second kappa shape index (κ2) is 11.1. The maximum Gasteiger partial charge on any atom is 0.303 e. The van der Waals surface area contributed by atoms with Gasteiger partial charge in [0.15, 0.2) is 12.4 Å². The summed E-state index contributed by atoms with van der Waals surface area (Å²) in [5.74, 6) is 0.869. The van der Waals surface area contributed by atoms with E-state index in [0.29, 0.717) is 18.3 Å². The largest absolute Gasteiger partial charge is 0.457 e. The van der Waals surface area contributed by atoms with Crippen LogP contribution in [-0.2, 0) is 23.7 Å². The summed E-state index contributed by atoms with van der Waals surface area (Å²) in [5, 5.41) is 42.6. The van der Waals surface area contributed by atoms with Crippen LogP contribution in [-0.4, -0.2) is 88.6 Å². The Morgan fingerprint density at radius 3 is 2.31 bits per heavy atom. The smallest absolute Gasteiger partial charge is 0.303 e. The maximum absolute atomic E-state index is 12.5. The Balaban J connectivity index is 1.27. The van der Waals surface area contributed by atoms with E-state index in [-0.39, 0.29) is 70.9 Å². The molecule has 6 fully saturated rings. The molecule has 1 saturated heterocycles. The SMILES string of the molecule is CC(=O)O[C@@H]([C@H]1C[C@@H](C)C2[C@H](O1)[C@H](O)[C@@]1(C)[C@@H]3CC[C@H]4C(C)(C)[C@@H](O[C@@H](CO)OCCO)CC[C@@]45C[C@@]35CC[C@]21C)C(C)(C)O. The molecule has 14 atom stereocenters. The molecule has 1 unspecified atom stereocenters. The van der Waals surface area contributed by atoms with Crippen molar-refractivity contribution in [3.63, 3.8) is 0 Å². The first-order valence-corrected chi connectivity index (χ1v) is 17.7. The van der Waals surface area contributed by atoms with E-state index in [1.54, 1.807) is 13.8 Å². The fraction of sp³-hybridized carbons (Fsp3) is 0.972. The zero-order valence-corrected chi connectivity index (χ0v) is 28.9. The number of aliphatic hydroxyl groups excluding tert-OH is 3. The Kier molecular flexibility index (Phi) is 8.41. The van der Waals surface area contributed by atoms with Crippen molar-refractivity contribution in [3.05, 3.63) is 0 Å².